The first kappa shape index (κ1) is 27.2. The Balaban J connectivity index is 1.81. The van der Waals surface area contributed by atoms with Crippen LogP contribution in [0.15, 0.2) is 45.3 Å². The maximum atomic E-state index is 12.6. The molecule has 1 aliphatic rings. The van der Waals surface area contributed by atoms with Gasteiger partial charge in [-0.25, -0.2) is 4.79 Å². The molecule has 36 heavy (non-hydrogen) atoms. The number of nitro groups is 1. The lowest BCUT2D eigenvalue weighted by Crippen LogP contribution is -2.47. The van der Waals surface area contributed by atoms with Crippen molar-refractivity contribution in [1.29, 1.82) is 0 Å². The number of ether oxygens (including phenoxy) is 1. The lowest BCUT2D eigenvalue weighted by Gasteiger charge is -2.39. The summed E-state index contributed by atoms with van der Waals surface area (Å²) in [6, 6.07) is 5.47. The van der Waals surface area contributed by atoms with Gasteiger partial charge >= 0.3 is 5.69 Å². The van der Waals surface area contributed by atoms with Crippen LogP contribution in [0.5, 0.6) is 0 Å². The third-order valence-electron chi connectivity index (χ3n) is 6.59. The molecule has 3 atom stereocenters. The van der Waals surface area contributed by atoms with Crippen molar-refractivity contribution >= 4 is 19.7 Å². The summed E-state index contributed by atoms with van der Waals surface area (Å²) in [6.45, 7) is 11.9. The zero-order chi connectivity index (χ0) is 26.8. The molecule has 2 N–H and O–H groups in total. The van der Waals surface area contributed by atoms with E-state index >= 15 is 0 Å². The quantitative estimate of drug-likeness (QED) is 0.175. The van der Waals surface area contributed by atoms with Gasteiger partial charge in [0, 0.05) is 30.3 Å². The molecule has 2 aromatic rings. The van der Waals surface area contributed by atoms with Gasteiger partial charge in [-0.05, 0) is 37.2 Å². The predicted molar refractivity (Wildman–Crippen MR) is 134 cm³/mol. The fourth-order valence-corrected chi connectivity index (χ4v) is 4.84. The third kappa shape index (κ3) is 6.25. The number of hydroxylamine groups is 1. The summed E-state index contributed by atoms with van der Waals surface area (Å²) in [5.74, 6) is 0. The first-order valence-corrected chi connectivity index (χ1v) is 14.4. The summed E-state index contributed by atoms with van der Waals surface area (Å²) < 4.78 is 14.0. The summed E-state index contributed by atoms with van der Waals surface area (Å²) >= 11 is 0. The van der Waals surface area contributed by atoms with Crippen LogP contribution in [-0.4, -0.2) is 46.4 Å². The number of non-ortho nitro benzene ring substituents is 1. The minimum absolute atomic E-state index is 0.0803. The van der Waals surface area contributed by atoms with Crippen LogP contribution in [0.2, 0.25) is 18.1 Å². The van der Waals surface area contributed by atoms with Gasteiger partial charge in [-0.3, -0.25) is 24.5 Å². The highest BCUT2D eigenvalue weighted by atomic mass is 28.4. The summed E-state index contributed by atoms with van der Waals surface area (Å²) in [4.78, 5) is 37.2. The highest BCUT2D eigenvalue weighted by molar-refractivity contribution is 6.74. The number of hydrogen-bond donors (Lipinski definition) is 2. The van der Waals surface area contributed by atoms with Crippen LogP contribution in [0, 0.1) is 22.2 Å². The molecule has 13 nitrogen and oxygen atoms in total. The van der Waals surface area contributed by atoms with Crippen molar-refractivity contribution in [2.45, 2.75) is 70.7 Å². The molecule has 0 bridgehead atoms. The molecule has 0 amide bonds. The van der Waals surface area contributed by atoms with Crippen LogP contribution in [-0.2, 0) is 9.16 Å². The molecule has 0 spiro atoms. The molecule has 1 aromatic heterocycles. The average molecular weight is 521 g/mol. The Hall–Kier alpha value is -3.36. The second-order valence-electron chi connectivity index (χ2n) is 10.3. The largest absolute Gasteiger partial charge is 0.696 e. The molecule has 14 heteroatoms. The van der Waals surface area contributed by atoms with Crippen LogP contribution < -0.4 is 16.7 Å². The van der Waals surface area contributed by atoms with E-state index in [1.165, 1.54) is 35.0 Å². The maximum Gasteiger partial charge on any atom is 0.330 e. The molecule has 1 fully saturated rings. The first-order valence-electron chi connectivity index (χ1n) is 11.5. The molecular weight excluding hydrogens is 488 g/mol. The van der Waals surface area contributed by atoms with Gasteiger partial charge < -0.3 is 14.4 Å². The van der Waals surface area contributed by atoms with E-state index in [1.807, 2.05) is 0 Å². The van der Waals surface area contributed by atoms with Gasteiger partial charge in [-0.1, -0.05) is 20.8 Å². The number of nitrogens with one attached hydrogen (secondary N) is 2. The van der Waals surface area contributed by atoms with E-state index in [0.717, 1.165) is 0 Å². The molecule has 1 saturated heterocycles. The molecule has 1 aliphatic heterocycles. The Labute approximate surface area is 208 Å². The first-order chi connectivity index (χ1) is 16.7. The number of rotatable bonds is 8. The molecule has 0 radical (unpaired) electrons. The smallest absolute Gasteiger partial charge is 0.330 e. The Morgan fingerprint density at radius 1 is 1.25 bits per heavy atom. The SMILES string of the molecule is Cc1cn(C2CC(O[Si](C)(C)C(C)(C)C)C(C/[N+]([O-])=N\Nc3ccc([N+](=O)[O-])cc3)O2)c(=O)[nH]c1=O. The monoisotopic (exact) mass is 520 g/mol. The Morgan fingerprint density at radius 2 is 1.89 bits per heavy atom. The van der Waals surface area contributed by atoms with Crippen LogP contribution in [0.25, 0.3) is 0 Å². The second kappa shape index (κ2) is 10.3. The molecule has 196 valence electrons. The van der Waals surface area contributed by atoms with E-state index in [1.54, 1.807) is 6.92 Å². The minimum atomic E-state index is -2.26. The molecule has 3 unspecified atom stereocenters. The van der Waals surface area contributed by atoms with E-state index in [9.17, 15) is 24.9 Å². The van der Waals surface area contributed by atoms with Crippen molar-refractivity contribution in [2.75, 3.05) is 12.0 Å². The standard InChI is InChI=1S/C22H32N6O7Si/c1-14-12-26(21(30)23-20(14)29)19-11-17(35-36(5,6)22(2,3)4)18(34-19)13-27(31)25-24-15-7-9-16(10-8-15)28(32)33/h7-10,12,17-19,24H,11,13H2,1-6H3,(H,23,29,30)/b27-25+. The molecule has 0 saturated carbocycles. The number of hydrogen-bond acceptors (Lipinski definition) is 8. The van der Waals surface area contributed by atoms with Crippen molar-refractivity contribution < 1.29 is 18.9 Å². The molecule has 3 rings (SSSR count). The van der Waals surface area contributed by atoms with Gasteiger partial charge in [-0.2, -0.15) is 4.86 Å². The van der Waals surface area contributed by atoms with E-state index in [-0.39, 0.29) is 17.3 Å². The zero-order valence-electron chi connectivity index (χ0n) is 21.2. The van der Waals surface area contributed by atoms with Gasteiger partial charge in [0.1, 0.15) is 24.6 Å². The molecular formula is C22H32N6O7Si. The van der Waals surface area contributed by atoms with E-state index in [0.29, 0.717) is 22.5 Å². The van der Waals surface area contributed by atoms with Crippen molar-refractivity contribution in [3.63, 3.8) is 0 Å². The number of anilines is 1. The van der Waals surface area contributed by atoms with Gasteiger partial charge in [0.15, 0.2) is 8.32 Å². The van der Waals surface area contributed by atoms with Crippen molar-refractivity contribution in [2.24, 2.45) is 5.22 Å². The average Bonchev–Trinajstić information content (AvgIpc) is 3.15. The molecule has 1 aromatic carbocycles. The van der Waals surface area contributed by atoms with Crippen LogP contribution >= 0.6 is 0 Å². The van der Waals surface area contributed by atoms with Crippen LogP contribution in [0.4, 0.5) is 11.4 Å². The summed E-state index contributed by atoms with van der Waals surface area (Å²) in [5.41, 5.74) is 2.17. The summed E-state index contributed by atoms with van der Waals surface area (Å²) in [5, 5.41) is 27.1. The normalized spacial score (nSPS) is 20.9. The maximum absolute atomic E-state index is 12.6. The fraction of sp³-hybridized carbons (Fsp3) is 0.545. The van der Waals surface area contributed by atoms with Gasteiger partial charge in [0.2, 0.25) is 0 Å². The predicted octanol–water partition coefficient (Wildman–Crippen LogP) is 3.42. The summed E-state index contributed by atoms with van der Waals surface area (Å²) in [6.07, 6.45) is -0.174. The number of nitrogens with zero attached hydrogens (tertiary/aromatic N) is 4. The molecule has 2 heterocycles. The van der Waals surface area contributed by atoms with Gasteiger partial charge in [0.05, 0.1) is 16.3 Å². The highest BCUT2D eigenvalue weighted by Crippen LogP contribution is 2.41. The second-order valence-corrected chi connectivity index (χ2v) is 15.1. The minimum Gasteiger partial charge on any atom is -0.696 e. The highest BCUT2D eigenvalue weighted by Gasteiger charge is 2.46. The number of aryl methyl sites for hydroxylation is 1. The van der Waals surface area contributed by atoms with Crippen molar-refractivity contribution in [3.05, 3.63) is 72.2 Å². The van der Waals surface area contributed by atoms with E-state index < -0.39 is 42.9 Å². The lowest BCUT2D eigenvalue weighted by atomic mass is 10.2. The topological polar surface area (TPSA) is 167 Å². The third-order valence-corrected chi connectivity index (χ3v) is 11.1. The van der Waals surface area contributed by atoms with Gasteiger partial charge in [-0.15, -0.1) is 5.43 Å². The van der Waals surface area contributed by atoms with Crippen LogP contribution in [0.3, 0.4) is 0 Å². The Morgan fingerprint density at radius 3 is 2.47 bits per heavy atom. The summed E-state index contributed by atoms with van der Waals surface area (Å²) in [7, 11) is -2.26. The van der Waals surface area contributed by atoms with E-state index in [4.69, 9.17) is 9.16 Å². The number of nitro benzene ring substituents is 1. The fourth-order valence-electron chi connectivity index (χ4n) is 3.48. The number of aromatic amines is 1. The lowest BCUT2D eigenvalue weighted by molar-refractivity contribution is -0.538. The number of H-pyrrole nitrogens is 1. The van der Waals surface area contributed by atoms with Crippen molar-refractivity contribution in [3.8, 4) is 0 Å². The Kier molecular flexibility index (Phi) is 7.81. The number of benzene rings is 1. The molecule has 0 aliphatic carbocycles. The number of aromatic nitrogens is 2. The van der Waals surface area contributed by atoms with Crippen molar-refractivity contribution in [1.82, 2.24) is 9.55 Å². The van der Waals surface area contributed by atoms with E-state index in [2.05, 4.69) is 49.5 Å². The van der Waals surface area contributed by atoms with Gasteiger partial charge in [0.25, 0.3) is 11.2 Å². The van der Waals surface area contributed by atoms with Crippen LogP contribution in [0.1, 0.15) is 39.0 Å². The Bertz CT molecular complexity index is 1250. The zero-order valence-corrected chi connectivity index (χ0v) is 22.2.